The van der Waals surface area contributed by atoms with Gasteiger partial charge in [0.05, 0.1) is 4.47 Å². The van der Waals surface area contributed by atoms with Gasteiger partial charge >= 0.3 is 0 Å². The molecule has 7 heteroatoms. The molecule has 2 aromatic heterocycles. The monoisotopic (exact) mass is 295 g/mol. The van der Waals surface area contributed by atoms with Gasteiger partial charge in [-0.3, -0.25) is 4.57 Å². The quantitative estimate of drug-likeness (QED) is 0.380. The number of pyridine rings is 1. The lowest BCUT2D eigenvalue weighted by molar-refractivity contribution is 0.318. The summed E-state index contributed by atoms with van der Waals surface area (Å²) in [6, 6.07) is 1.93. The Morgan fingerprint density at radius 3 is 2.94 bits per heavy atom. The maximum atomic E-state index is 8.67. The summed E-state index contributed by atoms with van der Waals surface area (Å²) in [5.41, 5.74) is 6.56. The summed E-state index contributed by atoms with van der Waals surface area (Å²) in [5, 5.41) is 11.6. The van der Waals surface area contributed by atoms with Crippen molar-refractivity contribution in [2.45, 2.75) is 6.92 Å². The molecule has 17 heavy (non-hydrogen) atoms. The van der Waals surface area contributed by atoms with E-state index in [1.54, 1.807) is 23.2 Å². The van der Waals surface area contributed by atoms with Gasteiger partial charge in [0.15, 0.2) is 11.6 Å². The molecule has 0 aliphatic heterocycles. The number of imidazole rings is 1. The summed E-state index contributed by atoms with van der Waals surface area (Å²) in [6.45, 7) is 1.94. The molecule has 0 spiro atoms. The Morgan fingerprint density at radius 1 is 1.53 bits per heavy atom. The third kappa shape index (κ3) is 2.14. The van der Waals surface area contributed by atoms with Crippen LogP contribution in [0, 0.1) is 6.92 Å². The van der Waals surface area contributed by atoms with Crippen molar-refractivity contribution >= 4 is 21.8 Å². The van der Waals surface area contributed by atoms with Crippen LogP contribution in [0.15, 0.2) is 34.3 Å². The Morgan fingerprint density at radius 2 is 2.29 bits per heavy atom. The Balaban J connectivity index is 2.58. The first kappa shape index (κ1) is 11.6. The first-order valence-electron chi connectivity index (χ1n) is 4.77. The van der Waals surface area contributed by atoms with Crippen LogP contribution in [-0.2, 0) is 0 Å². The fourth-order valence-corrected chi connectivity index (χ4v) is 2.07. The van der Waals surface area contributed by atoms with Gasteiger partial charge in [0.1, 0.15) is 0 Å². The number of nitrogens with two attached hydrogens (primary N) is 1. The van der Waals surface area contributed by atoms with Crippen LogP contribution in [0.5, 0.6) is 0 Å². The normalized spacial score (nSPS) is 11.8. The highest BCUT2D eigenvalue weighted by Crippen LogP contribution is 2.20. The summed E-state index contributed by atoms with van der Waals surface area (Å²) in [5.74, 6) is 0.906. The van der Waals surface area contributed by atoms with E-state index in [0.29, 0.717) is 11.6 Å². The third-order valence-corrected chi connectivity index (χ3v) is 2.75. The molecule has 6 nitrogen and oxygen atoms in total. The molecular weight excluding hydrogens is 286 g/mol. The Hall–Kier alpha value is -1.89. The van der Waals surface area contributed by atoms with Crippen LogP contribution in [0.4, 0.5) is 0 Å². The van der Waals surface area contributed by atoms with Gasteiger partial charge < -0.3 is 10.9 Å². The Bertz CT molecular complexity index is 578. The van der Waals surface area contributed by atoms with Crippen molar-refractivity contribution in [3.05, 3.63) is 40.5 Å². The van der Waals surface area contributed by atoms with Gasteiger partial charge in [-0.05, 0) is 34.5 Å². The minimum absolute atomic E-state index is 0.0655. The molecule has 0 aliphatic rings. The fourth-order valence-electron chi connectivity index (χ4n) is 1.41. The van der Waals surface area contributed by atoms with E-state index < -0.39 is 0 Å². The van der Waals surface area contributed by atoms with Crippen LogP contribution in [0.3, 0.4) is 0 Å². The maximum absolute atomic E-state index is 8.67. The van der Waals surface area contributed by atoms with Crippen molar-refractivity contribution in [3.8, 4) is 5.82 Å². The molecule has 2 heterocycles. The van der Waals surface area contributed by atoms with Gasteiger partial charge in [0.2, 0.25) is 5.84 Å². The number of aromatic nitrogens is 3. The van der Waals surface area contributed by atoms with Gasteiger partial charge in [0, 0.05) is 18.6 Å². The van der Waals surface area contributed by atoms with Crippen molar-refractivity contribution in [2.75, 3.05) is 0 Å². The largest absolute Gasteiger partial charge is 0.409 e. The van der Waals surface area contributed by atoms with E-state index in [4.69, 9.17) is 10.9 Å². The zero-order valence-corrected chi connectivity index (χ0v) is 10.6. The molecule has 0 aliphatic carbocycles. The smallest absolute Gasteiger partial charge is 0.206 e. The molecule has 0 bridgehead atoms. The SMILES string of the molecule is Cc1cnc(-n2ccnc2/C(N)=N/O)c(Br)c1. The van der Waals surface area contributed by atoms with Gasteiger partial charge in [-0.15, -0.1) is 0 Å². The molecule has 0 saturated heterocycles. The summed E-state index contributed by atoms with van der Waals surface area (Å²) < 4.78 is 2.45. The summed E-state index contributed by atoms with van der Waals surface area (Å²) in [7, 11) is 0. The first-order valence-corrected chi connectivity index (χ1v) is 5.56. The van der Waals surface area contributed by atoms with Crippen molar-refractivity contribution in [3.63, 3.8) is 0 Å². The highest BCUT2D eigenvalue weighted by atomic mass is 79.9. The average molecular weight is 296 g/mol. The second-order valence-electron chi connectivity index (χ2n) is 3.42. The van der Waals surface area contributed by atoms with Crippen molar-refractivity contribution < 1.29 is 5.21 Å². The topological polar surface area (TPSA) is 89.3 Å². The zero-order chi connectivity index (χ0) is 12.4. The van der Waals surface area contributed by atoms with Crippen LogP contribution >= 0.6 is 15.9 Å². The molecule has 2 rings (SSSR count). The first-order chi connectivity index (χ1) is 8.13. The number of halogens is 1. The predicted molar refractivity (Wildman–Crippen MR) is 66.3 cm³/mol. The summed E-state index contributed by atoms with van der Waals surface area (Å²) in [6.07, 6.45) is 4.98. The number of oxime groups is 1. The number of rotatable bonds is 2. The Labute approximate surface area is 106 Å². The van der Waals surface area contributed by atoms with Crippen molar-refractivity contribution in [1.29, 1.82) is 0 Å². The van der Waals surface area contributed by atoms with Crippen molar-refractivity contribution in [1.82, 2.24) is 14.5 Å². The fraction of sp³-hybridized carbons (Fsp3) is 0.100. The predicted octanol–water partition coefficient (Wildman–Crippen LogP) is 1.43. The second kappa shape index (κ2) is 4.54. The standard InChI is InChI=1S/C10H10BrN5O/c1-6-4-7(11)9(14-5-6)16-3-2-13-10(16)8(12)15-17/h2-5,17H,1H3,(H2,12,15). The van der Waals surface area contributed by atoms with E-state index in [-0.39, 0.29) is 5.84 Å². The van der Waals surface area contributed by atoms with Gasteiger partial charge in [-0.25, -0.2) is 9.97 Å². The number of aryl methyl sites for hydroxylation is 1. The second-order valence-corrected chi connectivity index (χ2v) is 4.28. The van der Waals surface area contributed by atoms with E-state index >= 15 is 0 Å². The van der Waals surface area contributed by atoms with Gasteiger partial charge in [-0.1, -0.05) is 5.16 Å². The molecule has 88 valence electrons. The molecule has 2 aromatic rings. The maximum Gasteiger partial charge on any atom is 0.206 e. The minimum Gasteiger partial charge on any atom is -0.409 e. The van der Waals surface area contributed by atoms with Crippen LogP contribution in [0.25, 0.3) is 5.82 Å². The lowest BCUT2D eigenvalue weighted by Crippen LogP contribution is -2.19. The van der Waals surface area contributed by atoms with E-state index in [9.17, 15) is 0 Å². The number of hydrogen-bond acceptors (Lipinski definition) is 4. The van der Waals surface area contributed by atoms with Gasteiger partial charge in [0.25, 0.3) is 0 Å². The highest BCUT2D eigenvalue weighted by molar-refractivity contribution is 9.10. The number of amidine groups is 1. The van der Waals surface area contributed by atoms with Crippen LogP contribution < -0.4 is 5.73 Å². The molecular formula is C10H10BrN5O. The zero-order valence-electron chi connectivity index (χ0n) is 9.00. The third-order valence-electron chi connectivity index (χ3n) is 2.16. The molecule has 0 radical (unpaired) electrons. The lowest BCUT2D eigenvalue weighted by Gasteiger charge is -2.08. The molecule has 0 fully saturated rings. The molecule has 0 atom stereocenters. The van der Waals surface area contributed by atoms with Crippen LogP contribution in [0.1, 0.15) is 11.4 Å². The van der Waals surface area contributed by atoms with E-state index in [2.05, 4.69) is 31.1 Å². The van der Waals surface area contributed by atoms with Crippen molar-refractivity contribution in [2.24, 2.45) is 10.9 Å². The molecule has 0 unspecified atom stereocenters. The summed E-state index contributed by atoms with van der Waals surface area (Å²) in [4.78, 5) is 8.29. The summed E-state index contributed by atoms with van der Waals surface area (Å²) >= 11 is 3.42. The average Bonchev–Trinajstić information content (AvgIpc) is 2.77. The van der Waals surface area contributed by atoms with E-state index in [0.717, 1.165) is 10.0 Å². The number of hydrogen-bond donors (Lipinski definition) is 2. The highest BCUT2D eigenvalue weighted by Gasteiger charge is 2.12. The Kier molecular flexibility index (Phi) is 3.10. The minimum atomic E-state index is -0.0655. The molecule has 3 N–H and O–H groups in total. The van der Waals surface area contributed by atoms with Crippen LogP contribution in [-0.4, -0.2) is 25.6 Å². The van der Waals surface area contributed by atoms with Gasteiger partial charge in [-0.2, -0.15) is 0 Å². The molecule has 0 saturated carbocycles. The number of nitrogens with zero attached hydrogens (tertiary/aromatic N) is 4. The molecule has 0 amide bonds. The molecule has 0 aromatic carbocycles. The lowest BCUT2D eigenvalue weighted by atomic mass is 10.3. The van der Waals surface area contributed by atoms with E-state index in [1.165, 1.54) is 0 Å². The van der Waals surface area contributed by atoms with Crippen LogP contribution in [0.2, 0.25) is 0 Å². The van der Waals surface area contributed by atoms with E-state index in [1.807, 2.05) is 13.0 Å².